The third kappa shape index (κ3) is 4.98. The number of carbonyl (C=O) groups excluding carboxylic acids is 1. The number of ether oxygens (including phenoxy) is 1. The average molecular weight is 327 g/mol. The number of halogens is 4. The van der Waals surface area contributed by atoms with Crippen molar-refractivity contribution in [1.82, 2.24) is 5.32 Å². The van der Waals surface area contributed by atoms with E-state index in [0.29, 0.717) is 0 Å². The second-order valence-corrected chi connectivity index (χ2v) is 4.64. The molecule has 0 heterocycles. The molecule has 0 aliphatic rings. The van der Waals surface area contributed by atoms with Crippen molar-refractivity contribution >= 4 is 5.91 Å². The van der Waals surface area contributed by atoms with Crippen LogP contribution < -0.4 is 10.1 Å². The van der Waals surface area contributed by atoms with Gasteiger partial charge < -0.3 is 10.1 Å². The number of amides is 1. The van der Waals surface area contributed by atoms with Gasteiger partial charge in [0, 0.05) is 5.56 Å². The van der Waals surface area contributed by atoms with E-state index >= 15 is 0 Å². The number of hydrogen-bond acceptors (Lipinski definition) is 2. The van der Waals surface area contributed by atoms with Crippen LogP contribution in [0.15, 0.2) is 48.5 Å². The van der Waals surface area contributed by atoms with Gasteiger partial charge in [-0.15, -0.1) is 0 Å². The normalized spacial score (nSPS) is 11.1. The minimum Gasteiger partial charge on any atom is -0.492 e. The summed E-state index contributed by atoms with van der Waals surface area (Å²) >= 11 is 0. The first kappa shape index (κ1) is 16.8. The number of hydrogen-bond donors (Lipinski definition) is 1. The summed E-state index contributed by atoms with van der Waals surface area (Å²) in [6.07, 6.45) is -4.44. The van der Waals surface area contributed by atoms with Crippen LogP contribution in [0.3, 0.4) is 0 Å². The quantitative estimate of drug-likeness (QED) is 0.672. The van der Waals surface area contributed by atoms with E-state index in [1.54, 1.807) is 0 Å². The molecule has 3 nitrogen and oxygen atoms in total. The van der Waals surface area contributed by atoms with Crippen molar-refractivity contribution in [3.8, 4) is 5.75 Å². The van der Waals surface area contributed by atoms with Crippen LogP contribution in [0.2, 0.25) is 0 Å². The molecule has 2 rings (SSSR count). The Balaban J connectivity index is 1.83. The predicted molar refractivity (Wildman–Crippen MR) is 75.7 cm³/mol. The van der Waals surface area contributed by atoms with Crippen LogP contribution in [0, 0.1) is 5.82 Å². The Bertz CT molecular complexity index is 686. The van der Waals surface area contributed by atoms with Crippen LogP contribution in [0.5, 0.6) is 5.75 Å². The molecule has 0 saturated carbocycles. The van der Waals surface area contributed by atoms with Crippen molar-refractivity contribution in [3.63, 3.8) is 0 Å². The number of benzene rings is 2. The van der Waals surface area contributed by atoms with Gasteiger partial charge in [-0.1, -0.05) is 12.1 Å². The van der Waals surface area contributed by atoms with Crippen molar-refractivity contribution in [3.05, 3.63) is 65.5 Å². The Morgan fingerprint density at radius 2 is 1.83 bits per heavy atom. The predicted octanol–water partition coefficient (Wildman–Crippen LogP) is 3.65. The van der Waals surface area contributed by atoms with Gasteiger partial charge in [-0.25, -0.2) is 4.39 Å². The van der Waals surface area contributed by atoms with Gasteiger partial charge in [0.15, 0.2) is 0 Å². The molecule has 0 saturated heterocycles. The van der Waals surface area contributed by atoms with Crippen LogP contribution in [0.4, 0.5) is 17.6 Å². The summed E-state index contributed by atoms with van der Waals surface area (Å²) in [5, 5.41) is 2.49. The molecule has 1 N–H and O–H groups in total. The third-order valence-electron chi connectivity index (χ3n) is 2.90. The Morgan fingerprint density at radius 1 is 1.09 bits per heavy atom. The molecular weight excluding hydrogens is 314 g/mol. The summed E-state index contributed by atoms with van der Waals surface area (Å²) < 4.78 is 55.8. The van der Waals surface area contributed by atoms with E-state index < -0.39 is 23.5 Å². The maximum absolute atomic E-state index is 13.0. The van der Waals surface area contributed by atoms with Gasteiger partial charge in [0.05, 0.1) is 12.1 Å². The van der Waals surface area contributed by atoms with Gasteiger partial charge in [0.1, 0.15) is 18.2 Å². The van der Waals surface area contributed by atoms with Crippen molar-refractivity contribution in [1.29, 1.82) is 0 Å². The Kier molecular flexibility index (Phi) is 5.20. The first-order chi connectivity index (χ1) is 10.9. The average Bonchev–Trinajstić information content (AvgIpc) is 2.51. The fraction of sp³-hybridized carbons (Fsp3) is 0.188. The second kappa shape index (κ2) is 7.13. The molecule has 122 valence electrons. The fourth-order valence-electron chi connectivity index (χ4n) is 1.83. The van der Waals surface area contributed by atoms with Crippen LogP contribution >= 0.6 is 0 Å². The van der Waals surface area contributed by atoms with Crippen molar-refractivity contribution in [2.24, 2.45) is 0 Å². The lowest BCUT2D eigenvalue weighted by molar-refractivity contribution is -0.137. The first-order valence-corrected chi connectivity index (χ1v) is 6.70. The summed E-state index contributed by atoms with van der Waals surface area (Å²) in [7, 11) is 0. The van der Waals surface area contributed by atoms with Gasteiger partial charge in [-0.05, 0) is 36.4 Å². The van der Waals surface area contributed by atoms with E-state index in [2.05, 4.69) is 5.32 Å². The van der Waals surface area contributed by atoms with Gasteiger partial charge in [0.25, 0.3) is 5.91 Å². The maximum atomic E-state index is 13.0. The smallest absolute Gasteiger partial charge is 0.416 e. The van der Waals surface area contributed by atoms with E-state index in [-0.39, 0.29) is 24.5 Å². The summed E-state index contributed by atoms with van der Waals surface area (Å²) in [6.45, 7) is 0.0635. The van der Waals surface area contributed by atoms with Gasteiger partial charge >= 0.3 is 6.18 Å². The molecule has 0 atom stereocenters. The van der Waals surface area contributed by atoms with Gasteiger partial charge in [-0.3, -0.25) is 4.79 Å². The zero-order valence-corrected chi connectivity index (χ0v) is 11.9. The van der Waals surface area contributed by atoms with Crippen molar-refractivity contribution in [2.75, 3.05) is 13.2 Å². The van der Waals surface area contributed by atoms with E-state index in [4.69, 9.17) is 4.74 Å². The lowest BCUT2D eigenvalue weighted by atomic mass is 10.2. The molecule has 0 spiro atoms. The maximum Gasteiger partial charge on any atom is 0.416 e. The number of alkyl halides is 3. The number of carbonyl (C=O) groups is 1. The van der Waals surface area contributed by atoms with Crippen molar-refractivity contribution in [2.45, 2.75) is 6.18 Å². The molecule has 0 aliphatic heterocycles. The molecule has 2 aromatic carbocycles. The van der Waals surface area contributed by atoms with E-state index in [9.17, 15) is 22.4 Å². The topological polar surface area (TPSA) is 38.3 Å². The fourth-order valence-corrected chi connectivity index (χ4v) is 1.83. The molecular formula is C16H13F4NO2. The third-order valence-corrected chi connectivity index (χ3v) is 2.90. The SMILES string of the molecule is O=C(NCCOc1cccc(C(F)(F)F)c1)c1cccc(F)c1. The summed E-state index contributed by atoms with van der Waals surface area (Å²) in [4.78, 5) is 11.7. The van der Waals surface area contributed by atoms with Gasteiger partial charge in [-0.2, -0.15) is 13.2 Å². The lowest BCUT2D eigenvalue weighted by Gasteiger charge is -2.10. The van der Waals surface area contributed by atoms with Crippen LogP contribution in [0.1, 0.15) is 15.9 Å². The summed E-state index contributed by atoms with van der Waals surface area (Å²) in [5.74, 6) is -0.963. The second-order valence-electron chi connectivity index (χ2n) is 4.64. The Morgan fingerprint density at radius 3 is 2.52 bits per heavy atom. The lowest BCUT2D eigenvalue weighted by Crippen LogP contribution is -2.28. The summed E-state index contributed by atoms with van der Waals surface area (Å²) in [6, 6.07) is 9.62. The highest BCUT2D eigenvalue weighted by Crippen LogP contribution is 2.31. The number of rotatable bonds is 5. The molecule has 0 fully saturated rings. The zero-order chi connectivity index (χ0) is 16.9. The standard InChI is InChI=1S/C16H13F4NO2/c17-13-5-1-3-11(9-13)15(22)21-7-8-23-14-6-2-4-12(10-14)16(18,19)20/h1-6,9-10H,7-8H2,(H,21,22). The van der Waals surface area contributed by atoms with Gasteiger partial charge in [0.2, 0.25) is 0 Å². The molecule has 0 radical (unpaired) electrons. The van der Waals surface area contributed by atoms with Crippen LogP contribution in [0.25, 0.3) is 0 Å². The molecule has 23 heavy (non-hydrogen) atoms. The Hall–Kier alpha value is -2.57. The first-order valence-electron chi connectivity index (χ1n) is 6.70. The molecule has 0 aliphatic carbocycles. The monoisotopic (exact) mass is 327 g/mol. The highest BCUT2D eigenvalue weighted by Gasteiger charge is 2.30. The molecule has 1 amide bonds. The minimum absolute atomic E-state index is 0.0115. The van der Waals surface area contributed by atoms with E-state index in [0.717, 1.165) is 18.2 Å². The molecule has 2 aromatic rings. The van der Waals surface area contributed by atoms with Crippen LogP contribution in [-0.4, -0.2) is 19.1 Å². The Labute approximate surface area is 129 Å². The number of nitrogens with one attached hydrogen (secondary N) is 1. The highest BCUT2D eigenvalue weighted by atomic mass is 19.4. The summed E-state index contributed by atoms with van der Waals surface area (Å²) in [5.41, 5.74) is -0.650. The molecule has 0 unspecified atom stereocenters. The highest BCUT2D eigenvalue weighted by molar-refractivity contribution is 5.94. The van der Waals surface area contributed by atoms with Crippen molar-refractivity contribution < 1.29 is 27.1 Å². The molecule has 0 bridgehead atoms. The molecule has 7 heteroatoms. The minimum atomic E-state index is -4.44. The zero-order valence-electron chi connectivity index (χ0n) is 11.9. The largest absolute Gasteiger partial charge is 0.492 e. The van der Waals surface area contributed by atoms with Crippen LogP contribution in [-0.2, 0) is 6.18 Å². The van der Waals surface area contributed by atoms with E-state index in [1.165, 1.54) is 30.3 Å². The molecule has 0 aromatic heterocycles. The van der Waals surface area contributed by atoms with E-state index in [1.807, 2.05) is 0 Å².